The quantitative estimate of drug-likeness (QED) is 0.489. The Morgan fingerprint density at radius 1 is 2.00 bits per heavy atom. The number of aliphatic hydroxyl groups is 1. The summed E-state index contributed by atoms with van der Waals surface area (Å²) in [6.07, 6.45) is 0. The molecule has 0 aliphatic carbocycles. The lowest BCUT2D eigenvalue weighted by atomic mass is 10.8. The second kappa shape index (κ2) is 2.63. The molecule has 0 bridgehead atoms. The van der Waals surface area contributed by atoms with Gasteiger partial charge in [0.15, 0.2) is 0 Å². The van der Waals surface area contributed by atoms with Gasteiger partial charge in [0.2, 0.25) is 0 Å². The van der Waals surface area contributed by atoms with E-state index in [1.807, 2.05) is 0 Å². The van der Waals surface area contributed by atoms with Crippen LogP contribution >= 0.6 is 15.9 Å². The third-order valence-electron chi connectivity index (χ3n) is 0.194. The molecule has 0 heterocycles. The first-order valence-electron chi connectivity index (χ1n) is 1.29. The first kappa shape index (κ1) is 5.40. The fourth-order valence-corrected chi connectivity index (χ4v) is 0. The fraction of sp³-hybridized carbons (Fsp3) is 1.00. The van der Waals surface area contributed by atoms with Gasteiger partial charge in [0.25, 0.3) is 0 Å². The van der Waals surface area contributed by atoms with Gasteiger partial charge in [-0.05, 0) is 0 Å². The number of alkyl halides is 1. The van der Waals surface area contributed by atoms with Crippen molar-refractivity contribution in [1.29, 1.82) is 0 Å². The lowest BCUT2D eigenvalue weighted by Gasteiger charge is -1.88. The highest BCUT2D eigenvalue weighted by molar-refractivity contribution is 9.09. The van der Waals surface area contributed by atoms with Crippen LogP contribution in [-0.4, -0.2) is 16.7 Å². The third kappa shape index (κ3) is 4.40. The summed E-state index contributed by atoms with van der Waals surface area (Å²) in [4.78, 5) is 0. The van der Waals surface area contributed by atoms with Crippen LogP contribution in [-0.2, 0) is 0 Å². The Morgan fingerprint density at radius 2 is 2.20 bits per heavy atom. The Bertz CT molecular complexity index is 23.6. The monoisotopic (exact) mass is 139 g/mol. The third-order valence-corrected chi connectivity index (χ3v) is 0.568. The zero-order valence-corrected chi connectivity index (χ0v) is 4.27. The van der Waals surface area contributed by atoms with Crippen molar-refractivity contribution in [3.8, 4) is 0 Å². The smallest absolute Gasteiger partial charge is 0.121 e. The lowest BCUT2D eigenvalue weighted by molar-refractivity contribution is 0.278. The number of nitrogens with two attached hydrogens (primary N) is 1. The number of rotatable bonds is 1. The molecule has 32 valence electrons. The van der Waals surface area contributed by atoms with E-state index in [1.165, 1.54) is 0 Å². The Labute approximate surface area is 39.1 Å². The average molecular weight is 140 g/mol. The van der Waals surface area contributed by atoms with E-state index in [9.17, 15) is 0 Å². The van der Waals surface area contributed by atoms with Crippen LogP contribution in [0.15, 0.2) is 0 Å². The first-order chi connectivity index (χ1) is 2.27. The van der Waals surface area contributed by atoms with E-state index in [0.717, 1.165) is 0 Å². The molecule has 0 fully saturated rings. The van der Waals surface area contributed by atoms with Crippen LogP contribution in [0.5, 0.6) is 0 Å². The van der Waals surface area contributed by atoms with Crippen molar-refractivity contribution in [2.45, 2.75) is 5.01 Å². The van der Waals surface area contributed by atoms with Gasteiger partial charge in [-0.2, -0.15) is 0 Å². The second-order valence-electron chi connectivity index (χ2n) is 0.670. The molecular weight excluding hydrogens is 134 g/mol. The molecule has 0 spiro atoms. The SMILES string of the molecule is NCC(O)Br. The summed E-state index contributed by atoms with van der Waals surface area (Å²) in [6.45, 7) is 0.278. The molecule has 1 unspecified atom stereocenters. The topological polar surface area (TPSA) is 46.2 Å². The molecule has 0 aromatic rings. The minimum Gasteiger partial charge on any atom is -0.381 e. The Hall–Kier alpha value is 0.400. The Morgan fingerprint density at radius 3 is 2.20 bits per heavy atom. The van der Waals surface area contributed by atoms with Crippen LogP contribution in [0.4, 0.5) is 0 Å². The van der Waals surface area contributed by atoms with Gasteiger partial charge in [-0.15, -0.1) is 0 Å². The summed E-state index contributed by atoms with van der Waals surface area (Å²) < 4.78 is 0. The molecule has 2 nitrogen and oxygen atoms in total. The van der Waals surface area contributed by atoms with E-state index < -0.39 is 5.01 Å². The van der Waals surface area contributed by atoms with E-state index in [0.29, 0.717) is 0 Å². The van der Waals surface area contributed by atoms with Gasteiger partial charge < -0.3 is 10.8 Å². The summed E-state index contributed by atoms with van der Waals surface area (Å²) in [5.41, 5.74) is 4.87. The molecule has 0 aliphatic rings. The second-order valence-corrected chi connectivity index (χ2v) is 1.73. The van der Waals surface area contributed by atoms with Crippen LogP contribution < -0.4 is 5.73 Å². The summed E-state index contributed by atoms with van der Waals surface area (Å²) in [7, 11) is 0. The molecule has 3 N–H and O–H groups in total. The highest BCUT2D eigenvalue weighted by Gasteiger charge is 1.84. The van der Waals surface area contributed by atoms with Crippen LogP contribution in [0.2, 0.25) is 0 Å². The number of halogens is 1. The van der Waals surface area contributed by atoms with E-state index >= 15 is 0 Å². The predicted octanol–water partition coefficient (Wildman–Crippen LogP) is -0.342. The molecule has 0 saturated carbocycles. The molecule has 0 aromatic carbocycles. The van der Waals surface area contributed by atoms with Gasteiger partial charge >= 0.3 is 0 Å². The maximum Gasteiger partial charge on any atom is 0.121 e. The summed E-state index contributed by atoms with van der Waals surface area (Å²) >= 11 is 2.80. The normalized spacial score (nSPS) is 15.0. The van der Waals surface area contributed by atoms with Crippen molar-refractivity contribution in [3.63, 3.8) is 0 Å². The highest BCUT2D eigenvalue weighted by atomic mass is 79.9. The predicted molar refractivity (Wildman–Crippen MR) is 24.0 cm³/mol. The van der Waals surface area contributed by atoms with Gasteiger partial charge in [-0.1, -0.05) is 15.9 Å². The minimum atomic E-state index is -0.525. The molecule has 0 rings (SSSR count). The van der Waals surface area contributed by atoms with Gasteiger partial charge in [-0.25, -0.2) is 0 Å². The zero-order valence-electron chi connectivity index (χ0n) is 2.69. The number of aliphatic hydroxyl groups excluding tert-OH is 1. The van der Waals surface area contributed by atoms with Gasteiger partial charge in [-0.3, -0.25) is 0 Å². The largest absolute Gasteiger partial charge is 0.381 e. The van der Waals surface area contributed by atoms with E-state index in [-0.39, 0.29) is 6.54 Å². The molecule has 1 atom stereocenters. The standard InChI is InChI=1S/C2H6BrNO/c3-2(5)1-4/h2,5H,1,4H2. The maximum absolute atomic E-state index is 8.15. The Balaban J connectivity index is 2.54. The van der Waals surface area contributed by atoms with Crippen LogP contribution in [0.1, 0.15) is 0 Å². The van der Waals surface area contributed by atoms with Crippen molar-refractivity contribution in [1.82, 2.24) is 0 Å². The molecule has 0 saturated heterocycles. The van der Waals surface area contributed by atoms with E-state index in [4.69, 9.17) is 10.8 Å². The molecule has 0 amide bonds. The highest BCUT2D eigenvalue weighted by Crippen LogP contribution is 1.85. The fourth-order valence-electron chi connectivity index (χ4n) is 0. The summed E-state index contributed by atoms with van der Waals surface area (Å²) in [6, 6.07) is 0. The zero-order chi connectivity index (χ0) is 4.28. The van der Waals surface area contributed by atoms with Crippen LogP contribution in [0.25, 0.3) is 0 Å². The van der Waals surface area contributed by atoms with Gasteiger partial charge in [0.1, 0.15) is 5.01 Å². The van der Waals surface area contributed by atoms with E-state index in [2.05, 4.69) is 15.9 Å². The molecule has 0 aromatic heterocycles. The van der Waals surface area contributed by atoms with Crippen LogP contribution in [0, 0.1) is 0 Å². The number of hydrogen-bond acceptors (Lipinski definition) is 2. The van der Waals surface area contributed by atoms with Gasteiger partial charge in [0, 0.05) is 6.54 Å². The summed E-state index contributed by atoms with van der Waals surface area (Å²) in [5, 5.41) is 7.63. The number of hydrogen-bond donors (Lipinski definition) is 2. The first-order valence-corrected chi connectivity index (χ1v) is 2.21. The van der Waals surface area contributed by atoms with Crippen LogP contribution in [0.3, 0.4) is 0 Å². The molecule has 5 heavy (non-hydrogen) atoms. The van der Waals surface area contributed by atoms with Crippen molar-refractivity contribution >= 4 is 15.9 Å². The minimum absolute atomic E-state index is 0.278. The van der Waals surface area contributed by atoms with Crippen molar-refractivity contribution in [3.05, 3.63) is 0 Å². The maximum atomic E-state index is 8.15. The molecule has 0 radical (unpaired) electrons. The van der Waals surface area contributed by atoms with Crippen molar-refractivity contribution in [2.24, 2.45) is 5.73 Å². The Kier molecular flexibility index (Phi) is 2.84. The average Bonchev–Trinajstić information content (AvgIpc) is 1.38. The van der Waals surface area contributed by atoms with Crippen molar-refractivity contribution < 1.29 is 5.11 Å². The van der Waals surface area contributed by atoms with E-state index in [1.54, 1.807) is 0 Å². The van der Waals surface area contributed by atoms with Crippen molar-refractivity contribution in [2.75, 3.05) is 6.54 Å². The summed E-state index contributed by atoms with van der Waals surface area (Å²) in [5.74, 6) is 0. The molecule has 3 heteroatoms. The lowest BCUT2D eigenvalue weighted by Crippen LogP contribution is -2.11. The molecule has 0 aliphatic heterocycles. The molecular formula is C2H6BrNO. The van der Waals surface area contributed by atoms with Gasteiger partial charge in [0.05, 0.1) is 0 Å².